The Balaban J connectivity index is 0.00000225. The Labute approximate surface area is 114 Å². The molecule has 1 aliphatic carbocycles. The molecule has 90 valence electrons. The molecular weight excluding hydrogens is 315 g/mol. The van der Waals surface area contributed by atoms with E-state index in [1.54, 1.807) is 0 Å². The highest BCUT2D eigenvalue weighted by Gasteiger charge is 2.42. The van der Waals surface area contributed by atoms with Gasteiger partial charge in [0, 0.05) is 24.9 Å². The van der Waals surface area contributed by atoms with Crippen molar-refractivity contribution in [2.75, 3.05) is 13.1 Å². The van der Waals surface area contributed by atoms with E-state index in [-0.39, 0.29) is 29.4 Å². The van der Waals surface area contributed by atoms with E-state index in [9.17, 15) is 0 Å². The third-order valence-electron chi connectivity index (χ3n) is 2.57. The predicted octanol–water partition coefficient (Wildman–Crippen LogP) is 1.78. The van der Waals surface area contributed by atoms with E-state index in [2.05, 4.69) is 23.0 Å². The van der Waals surface area contributed by atoms with Gasteiger partial charge in [-0.25, -0.2) is 0 Å². The number of rotatable bonds is 5. The molecule has 1 rings (SSSR count). The summed E-state index contributed by atoms with van der Waals surface area (Å²) in [5, 5.41) is 11.6. The Morgan fingerprint density at radius 2 is 2.25 bits per heavy atom. The van der Waals surface area contributed by atoms with Crippen LogP contribution < -0.4 is 11.1 Å². The van der Waals surface area contributed by atoms with Gasteiger partial charge in [-0.05, 0) is 19.8 Å². The molecule has 0 aliphatic heterocycles. The highest BCUT2D eigenvalue weighted by molar-refractivity contribution is 14.0. The molecule has 0 bridgehead atoms. The van der Waals surface area contributed by atoms with Crippen LogP contribution in [0.15, 0.2) is 17.1 Å². The fraction of sp³-hybridized carbons (Fsp3) is 0.636. The summed E-state index contributed by atoms with van der Waals surface area (Å²) >= 11 is 0. The van der Waals surface area contributed by atoms with Crippen LogP contribution in [0.5, 0.6) is 0 Å². The molecule has 0 amide bonds. The summed E-state index contributed by atoms with van der Waals surface area (Å²) in [5.74, 6) is 0.446. The maximum atomic E-state index is 8.63. The smallest absolute Gasteiger partial charge is 0.188 e. The first kappa shape index (κ1) is 15.2. The molecule has 3 N–H and O–H groups in total. The molecule has 0 heterocycles. The van der Waals surface area contributed by atoms with Gasteiger partial charge < -0.3 is 11.1 Å². The molecule has 4 nitrogen and oxygen atoms in total. The second-order valence-corrected chi connectivity index (χ2v) is 4.35. The summed E-state index contributed by atoms with van der Waals surface area (Å²) in [6.07, 6.45) is 2.78. The summed E-state index contributed by atoms with van der Waals surface area (Å²) in [6, 6.07) is 2.20. The number of nitrogens with zero attached hydrogens (tertiary/aromatic N) is 2. The second kappa shape index (κ2) is 6.74. The normalized spacial score (nSPS) is 16.9. The van der Waals surface area contributed by atoms with Crippen LogP contribution in [0.4, 0.5) is 0 Å². The van der Waals surface area contributed by atoms with Crippen molar-refractivity contribution in [3.8, 4) is 6.07 Å². The van der Waals surface area contributed by atoms with E-state index in [4.69, 9.17) is 11.0 Å². The number of guanidine groups is 1. The Morgan fingerprint density at radius 1 is 1.62 bits per heavy atom. The van der Waals surface area contributed by atoms with Crippen LogP contribution >= 0.6 is 24.0 Å². The first-order chi connectivity index (χ1) is 7.08. The lowest BCUT2D eigenvalue weighted by atomic mass is 10.0. The number of hydrogen-bond acceptors (Lipinski definition) is 2. The molecule has 0 aromatic rings. The van der Waals surface area contributed by atoms with E-state index in [0.717, 1.165) is 18.4 Å². The van der Waals surface area contributed by atoms with Gasteiger partial charge in [0.2, 0.25) is 0 Å². The van der Waals surface area contributed by atoms with Gasteiger partial charge in [-0.1, -0.05) is 12.2 Å². The largest absolute Gasteiger partial charge is 0.370 e. The van der Waals surface area contributed by atoms with Crippen molar-refractivity contribution in [3.05, 3.63) is 12.2 Å². The summed E-state index contributed by atoms with van der Waals surface area (Å²) in [6.45, 7) is 7.01. The maximum absolute atomic E-state index is 8.63. The minimum atomic E-state index is 0. The quantitative estimate of drug-likeness (QED) is 0.348. The van der Waals surface area contributed by atoms with Gasteiger partial charge in [-0.2, -0.15) is 5.26 Å². The van der Waals surface area contributed by atoms with Crippen LogP contribution in [-0.2, 0) is 0 Å². The molecule has 0 aromatic heterocycles. The van der Waals surface area contributed by atoms with Gasteiger partial charge in [0.25, 0.3) is 0 Å². The van der Waals surface area contributed by atoms with Crippen molar-refractivity contribution >= 4 is 29.9 Å². The topological polar surface area (TPSA) is 74.2 Å². The average Bonchev–Trinajstić information content (AvgIpc) is 2.93. The van der Waals surface area contributed by atoms with Gasteiger partial charge in [0.15, 0.2) is 5.96 Å². The average molecular weight is 334 g/mol. The third kappa shape index (κ3) is 5.35. The highest BCUT2D eigenvalue weighted by atomic mass is 127. The second-order valence-electron chi connectivity index (χ2n) is 4.35. The monoisotopic (exact) mass is 334 g/mol. The first-order valence-electron chi connectivity index (χ1n) is 5.13. The molecule has 16 heavy (non-hydrogen) atoms. The van der Waals surface area contributed by atoms with Crippen LogP contribution in [0.2, 0.25) is 0 Å². The summed E-state index contributed by atoms with van der Waals surface area (Å²) in [5.41, 5.74) is 6.82. The molecule has 0 aromatic carbocycles. The summed E-state index contributed by atoms with van der Waals surface area (Å²) in [4.78, 5) is 4.24. The van der Waals surface area contributed by atoms with E-state index in [1.807, 2.05) is 6.92 Å². The summed E-state index contributed by atoms with van der Waals surface area (Å²) in [7, 11) is 0. The number of nitriles is 1. The molecule has 1 saturated carbocycles. The lowest BCUT2D eigenvalue weighted by molar-refractivity contribution is 0.538. The van der Waals surface area contributed by atoms with Crippen LogP contribution in [0, 0.1) is 16.7 Å². The van der Waals surface area contributed by atoms with Gasteiger partial charge in [-0.15, -0.1) is 24.0 Å². The minimum Gasteiger partial charge on any atom is -0.370 e. The SMILES string of the molecule is C=C(C)CNC(N)=NCC1(CC#N)CC1.I. The van der Waals surface area contributed by atoms with Crippen molar-refractivity contribution in [1.29, 1.82) is 5.26 Å². The van der Waals surface area contributed by atoms with Crippen molar-refractivity contribution in [2.24, 2.45) is 16.1 Å². The zero-order valence-corrected chi connectivity index (χ0v) is 12.0. The summed E-state index contributed by atoms with van der Waals surface area (Å²) < 4.78 is 0. The molecule has 1 aliphatic rings. The number of nitrogens with two attached hydrogens (primary N) is 1. The predicted molar refractivity (Wildman–Crippen MR) is 76.6 cm³/mol. The zero-order valence-electron chi connectivity index (χ0n) is 9.62. The van der Waals surface area contributed by atoms with Crippen LogP contribution in [0.1, 0.15) is 26.2 Å². The molecule has 0 unspecified atom stereocenters. The van der Waals surface area contributed by atoms with Crippen molar-refractivity contribution in [3.63, 3.8) is 0 Å². The Bertz CT molecular complexity index is 312. The number of hydrogen-bond donors (Lipinski definition) is 2. The molecule has 5 heteroatoms. The molecule has 1 fully saturated rings. The van der Waals surface area contributed by atoms with Crippen LogP contribution in [0.3, 0.4) is 0 Å². The maximum Gasteiger partial charge on any atom is 0.188 e. The van der Waals surface area contributed by atoms with Gasteiger partial charge >= 0.3 is 0 Å². The van der Waals surface area contributed by atoms with Crippen molar-refractivity contribution < 1.29 is 0 Å². The zero-order chi connectivity index (χ0) is 11.3. The fourth-order valence-corrected chi connectivity index (χ4v) is 1.29. The molecule has 0 spiro atoms. The Hall–Kier alpha value is -0.770. The molecule has 0 atom stereocenters. The molecule has 0 radical (unpaired) electrons. The van der Waals surface area contributed by atoms with E-state index in [1.165, 1.54) is 0 Å². The molecular formula is C11H19IN4. The third-order valence-corrected chi connectivity index (χ3v) is 2.57. The lowest BCUT2D eigenvalue weighted by Gasteiger charge is -2.09. The standard InChI is InChI=1S/C11H18N4.HI/c1-9(2)7-14-10(13)15-8-11(3-4-11)5-6-12;/h1,3-5,7-8H2,2H3,(H3,13,14,15);1H. The minimum absolute atomic E-state index is 0. The number of nitrogens with one attached hydrogen (secondary N) is 1. The fourth-order valence-electron chi connectivity index (χ4n) is 1.29. The van der Waals surface area contributed by atoms with Gasteiger partial charge in [0.1, 0.15) is 0 Å². The Morgan fingerprint density at radius 3 is 2.69 bits per heavy atom. The van der Waals surface area contributed by atoms with Gasteiger partial charge in [0.05, 0.1) is 6.07 Å². The number of aliphatic imine (C=N–C) groups is 1. The van der Waals surface area contributed by atoms with Gasteiger partial charge in [-0.3, -0.25) is 4.99 Å². The van der Waals surface area contributed by atoms with E-state index < -0.39 is 0 Å². The van der Waals surface area contributed by atoms with E-state index in [0.29, 0.717) is 25.5 Å². The van der Waals surface area contributed by atoms with E-state index >= 15 is 0 Å². The Kier molecular flexibility index (Phi) is 6.41. The first-order valence-corrected chi connectivity index (χ1v) is 5.13. The van der Waals surface area contributed by atoms with Crippen LogP contribution in [0.25, 0.3) is 0 Å². The number of halogens is 1. The van der Waals surface area contributed by atoms with Crippen molar-refractivity contribution in [1.82, 2.24) is 5.32 Å². The molecule has 0 saturated heterocycles. The van der Waals surface area contributed by atoms with Crippen LogP contribution in [-0.4, -0.2) is 19.0 Å². The van der Waals surface area contributed by atoms with Crippen molar-refractivity contribution in [2.45, 2.75) is 26.2 Å². The lowest BCUT2D eigenvalue weighted by Crippen LogP contribution is -2.33. The highest BCUT2D eigenvalue weighted by Crippen LogP contribution is 2.48.